The smallest absolute Gasteiger partial charge is 0.253 e. The SMILES string of the molecule is CN(Cc1ccc(Br)s1)C(=O)c1ccc2c(c1)CCO2. The standard InChI is InChI=1S/C15H14BrNO2S/c1-17(9-12-3-5-14(16)20-12)15(18)11-2-4-13-10(8-11)6-7-19-13/h2-5,8H,6-7,9H2,1H3. The number of halogens is 1. The zero-order chi connectivity index (χ0) is 14.1. The van der Waals surface area contributed by atoms with E-state index < -0.39 is 0 Å². The third-order valence-electron chi connectivity index (χ3n) is 3.30. The quantitative estimate of drug-likeness (QED) is 0.843. The Morgan fingerprint density at radius 2 is 2.25 bits per heavy atom. The van der Waals surface area contributed by atoms with Gasteiger partial charge in [-0.05, 0) is 51.8 Å². The summed E-state index contributed by atoms with van der Waals surface area (Å²) in [5.41, 5.74) is 1.86. The topological polar surface area (TPSA) is 29.5 Å². The summed E-state index contributed by atoms with van der Waals surface area (Å²) in [5, 5.41) is 0. The van der Waals surface area contributed by atoms with Gasteiger partial charge in [-0.3, -0.25) is 4.79 Å². The Bertz CT molecular complexity index is 653. The number of thiophene rings is 1. The number of carbonyl (C=O) groups excluding carboxylic acids is 1. The third-order valence-corrected chi connectivity index (χ3v) is 4.91. The van der Waals surface area contributed by atoms with Gasteiger partial charge in [0, 0.05) is 23.9 Å². The predicted molar refractivity (Wildman–Crippen MR) is 83.5 cm³/mol. The molecule has 0 saturated heterocycles. The van der Waals surface area contributed by atoms with Crippen molar-refractivity contribution in [3.63, 3.8) is 0 Å². The van der Waals surface area contributed by atoms with Gasteiger partial charge in [-0.15, -0.1) is 11.3 Å². The van der Waals surface area contributed by atoms with Crippen LogP contribution < -0.4 is 4.74 Å². The second-order valence-electron chi connectivity index (χ2n) is 4.79. The highest BCUT2D eigenvalue weighted by Gasteiger charge is 2.17. The Morgan fingerprint density at radius 3 is 3.00 bits per heavy atom. The van der Waals surface area contributed by atoms with Crippen molar-refractivity contribution in [3.05, 3.63) is 50.1 Å². The molecule has 0 bridgehead atoms. The fourth-order valence-electron chi connectivity index (χ4n) is 2.28. The molecule has 0 saturated carbocycles. The molecule has 20 heavy (non-hydrogen) atoms. The van der Waals surface area contributed by atoms with E-state index in [-0.39, 0.29) is 5.91 Å². The van der Waals surface area contributed by atoms with Gasteiger partial charge in [0.1, 0.15) is 5.75 Å². The van der Waals surface area contributed by atoms with E-state index in [0.29, 0.717) is 13.2 Å². The van der Waals surface area contributed by atoms with Crippen LogP contribution in [0, 0.1) is 0 Å². The minimum atomic E-state index is 0.0456. The molecule has 0 radical (unpaired) electrons. The number of rotatable bonds is 3. The van der Waals surface area contributed by atoms with Gasteiger partial charge < -0.3 is 9.64 Å². The van der Waals surface area contributed by atoms with Crippen LogP contribution in [0.3, 0.4) is 0 Å². The second kappa shape index (κ2) is 5.58. The average molecular weight is 352 g/mol. The van der Waals surface area contributed by atoms with Crippen molar-refractivity contribution in [1.29, 1.82) is 0 Å². The van der Waals surface area contributed by atoms with Gasteiger partial charge in [-0.1, -0.05) is 0 Å². The molecule has 5 heteroatoms. The molecule has 1 aromatic heterocycles. The van der Waals surface area contributed by atoms with Crippen LogP contribution in [0.1, 0.15) is 20.8 Å². The molecule has 0 fully saturated rings. The monoisotopic (exact) mass is 351 g/mol. The van der Waals surface area contributed by atoms with E-state index in [2.05, 4.69) is 15.9 Å². The first-order valence-corrected chi connectivity index (χ1v) is 8.00. The number of hydrogen-bond donors (Lipinski definition) is 0. The van der Waals surface area contributed by atoms with E-state index in [4.69, 9.17) is 4.74 Å². The molecular weight excluding hydrogens is 338 g/mol. The largest absolute Gasteiger partial charge is 0.493 e. The molecule has 0 spiro atoms. The number of nitrogens with zero attached hydrogens (tertiary/aromatic N) is 1. The Labute approximate surface area is 130 Å². The second-order valence-corrected chi connectivity index (χ2v) is 7.34. The summed E-state index contributed by atoms with van der Waals surface area (Å²) < 4.78 is 6.55. The summed E-state index contributed by atoms with van der Waals surface area (Å²) in [7, 11) is 1.83. The lowest BCUT2D eigenvalue weighted by Gasteiger charge is -2.16. The van der Waals surface area contributed by atoms with Crippen LogP contribution in [0.4, 0.5) is 0 Å². The van der Waals surface area contributed by atoms with Crippen molar-refractivity contribution < 1.29 is 9.53 Å². The molecule has 0 atom stereocenters. The lowest BCUT2D eigenvalue weighted by molar-refractivity contribution is 0.0786. The first-order chi connectivity index (χ1) is 9.63. The highest BCUT2D eigenvalue weighted by molar-refractivity contribution is 9.11. The Kier molecular flexibility index (Phi) is 3.81. The maximum Gasteiger partial charge on any atom is 0.253 e. The van der Waals surface area contributed by atoms with E-state index >= 15 is 0 Å². The summed E-state index contributed by atoms with van der Waals surface area (Å²) in [6, 6.07) is 9.73. The van der Waals surface area contributed by atoms with Crippen LogP contribution in [0.15, 0.2) is 34.1 Å². The predicted octanol–water partition coefficient (Wildman–Crippen LogP) is 3.72. The van der Waals surface area contributed by atoms with Gasteiger partial charge in [0.05, 0.1) is 16.9 Å². The van der Waals surface area contributed by atoms with E-state index in [0.717, 1.165) is 32.0 Å². The Balaban J connectivity index is 1.74. The summed E-state index contributed by atoms with van der Waals surface area (Å²) in [6.07, 6.45) is 0.887. The van der Waals surface area contributed by atoms with Crippen molar-refractivity contribution in [3.8, 4) is 5.75 Å². The van der Waals surface area contributed by atoms with Gasteiger partial charge in [0.25, 0.3) is 5.91 Å². The molecule has 3 rings (SSSR count). The summed E-state index contributed by atoms with van der Waals surface area (Å²) in [5.74, 6) is 0.954. The van der Waals surface area contributed by atoms with Crippen LogP contribution in [0.2, 0.25) is 0 Å². The summed E-state index contributed by atoms with van der Waals surface area (Å²) >= 11 is 5.09. The fourth-order valence-corrected chi connectivity index (χ4v) is 3.82. The molecule has 0 N–H and O–H groups in total. The van der Waals surface area contributed by atoms with E-state index in [1.54, 1.807) is 16.2 Å². The molecule has 1 aliphatic rings. The zero-order valence-electron chi connectivity index (χ0n) is 11.1. The van der Waals surface area contributed by atoms with Crippen molar-refractivity contribution in [2.75, 3.05) is 13.7 Å². The molecular formula is C15H14BrNO2S. The highest BCUT2D eigenvalue weighted by atomic mass is 79.9. The summed E-state index contributed by atoms with van der Waals surface area (Å²) in [4.78, 5) is 15.3. The minimum Gasteiger partial charge on any atom is -0.493 e. The third kappa shape index (κ3) is 2.74. The molecule has 104 valence electrons. The average Bonchev–Trinajstić information content (AvgIpc) is 3.05. The molecule has 1 aromatic carbocycles. The van der Waals surface area contributed by atoms with Crippen LogP contribution in [-0.2, 0) is 13.0 Å². The van der Waals surface area contributed by atoms with Crippen molar-refractivity contribution in [1.82, 2.24) is 4.90 Å². The lowest BCUT2D eigenvalue weighted by atomic mass is 10.1. The Hall–Kier alpha value is -1.33. The van der Waals surface area contributed by atoms with Crippen LogP contribution in [-0.4, -0.2) is 24.5 Å². The number of fused-ring (bicyclic) bond motifs is 1. The van der Waals surface area contributed by atoms with E-state index in [1.165, 1.54) is 0 Å². The normalized spacial score (nSPS) is 12.9. The fraction of sp³-hybridized carbons (Fsp3) is 0.267. The molecule has 2 aromatic rings. The molecule has 0 aliphatic carbocycles. The van der Waals surface area contributed by atoms with Crippen molar-refractivity contribution in [2.45, 2.75) is 13.0 Å². The van der Waals surface area contributed by atoms with Gasteiger partial charge in [0.2, 0.25) is 0 Å². The van der Waals surface area contributed by atoms with Gasteiger partial charge in [-0.2, -0.15) is 0 Å². The highest BCUT2D eigenvalue weighted by Crippen LogP contribution is 2.27. The van der Waals surface area contributed by atoms with Crippen LogP contribution >= 0.6 is 27.3 Å². The van der Waals surface area contributed by atoms with Crippen LogP contribution in [0.5, 0.6) is 5.75 Å². The molecule has 0 unspecified atom stereocenters. The number of benzene rings is 1. The Morgan fingerprint density at radius 1 is 1.40 bits per heavy atom. The van der Waals surface area contributed by atoms with E-state index in [9.17, 15) is 4.79 Å². The van der Waals surface area contributed by atoms with Gasteiger partial charge in [0.15, 0.2) is 0 Å². The number of hydrogen-bond acceptors (Lipinski definition) is 3. The molecule has 3 nitrogen and oxygen atoms in total. The number of ether oxygens (including phenoxy) is 1. The number of carbonyl (C=O) groups is 1. The lowest BCUT2D eigenvalue weighted by Crippen LogP contribution is -2.25. The first-order valence-electron chi connectivity index (χ1n) is 6.39. The molecule has 1 aliphatic heterocycles. The van der Waals surface area contributed by atoms with E-state index in [1.807, 2.05) is 37.4 Å². The first kappa shape index (κ1) is 13.6. The number of amides is 1. The molecule has 2 heterocycles. The van der Waals surface area contributed by atoms with Gasteiger partial charge >= 0.3 is 0 Å². The zero-order valence-corrected chi connectivity index (χ0v) is 13.5. The minimum absolute atomic E-state index is 0.0456. The summed E-state index contributed by atoms with van der Waals surface area (Å²) in [6.45, 7) is 1.34. The maximum absolute atomic E-state index is 12.4. The van der Waals surface area contributed by atoms with Crippen molar-refractivity contribution in [2.24, 2.45) is 0 Å². The van der Waals surface area contributed by atoms with Crippen LogP contribution in [0.25, 0.3) is 0 Å². The maximum atomic E-state index is 12.4. The van der Waals surface area contributed by atoms with Crippen molar-refractivity contribution >= 4 is 33.2 Å². The molecule has 1 amide bonds. The van der Waals surface area contributed by atoms with Gasteiger partial charge in [-0.25, -0.2) is 0 Å².